The Bertz CT molecular complexity index is 833. The molecule has 0 fully saturated rings. The Hall–Kier alpha value is -2.71. The van der Waals surface area contributed by atoms with E-state index in [1.165, 1.54) is 14.2 Å². The summed E-state index contributed by atoms with van der Waals surface area (Å²) < 4.78 is 15.4. The van der Waals surface area contributed by atoms with Gasteiger partial charge in [-0.05, 0) is 19.1 Å². The van der Waals surface area contributed by atoms with E-state index in [2.05, 4.69) is 16.0 Å². The van der Waals surface area contributed by atoms with E-state index >= 15 is 0 Å². The molecular formula is C16H16ClN3O5. The van der Waals surface area contributed by atoms with Crippen molar-refractivity contribution in [3.05, 3.63) is 40.6 Å². The first-order valence-electron chi connectivity index (χ1n) is 7.31. The van der Waals surface area contributed by atoms with Crippen LogP contribution >= 0.6 is 11.6 Å². The maximum atomic E-state index is 12.2. The van der Waals surface area contributed by atoms with Crippen molar-refractivity contribution in [2.75, 3.05) is 19.5 Å². The van der Waals surface area contributed by atoms with Crippen molar-refractivity contribution in [1.29, 1.82) is 0 Å². The largest absolute Gasteiger partial charge is 0.496 e. The van der Waals surface area contributed by atoms with E-state index in [9.17, 15) is 4.79 Å². The maximum absolute atomic E-state index is 12.2. The second-order valence-corrected chi connectivity index (χ2v) is 5.63. The Morgan fingerprint density at radius 1 is 1.28 bits per heavy atom. The fraction of sp³-hybridized carbons (Fsp3) is 0.250. The topological polar surface area (TPSA) is 94.9 Å². The lowest BCUT2D eigenvalue weighted by atomic mass is 10.1. The highest BCUT2D eigenvalue weighted by molar-refractivity contribution is 6.32. The minimum absolute atomic E-state index is 0.318. The van der Waals surface area contributed by atoms with E-state index in [0.717, 1.165) is 0 Å². The molecule has 1 aromatic carbocycles. The van der Waals surface area contributed by atoms with Gasteiger partial charge in [0.05, 0.1) is 24.9 Å². The third kappa shape index (κ3) is 3.54. The summed E-state index contributed by atoms with van der Waals surface area (Å²) in [5.74, 6) is 1.52. The van der Waals surface area contributed by atoms with Gasteiger partial charge in [0.2, 0.25) is 0 Å². The molecule has 0 radical (unpaired) electrons. The lowest BCUT2D eigenvalue weighted by molar-refractivity contribution is -0.125. The van der Waals surface area contributed by atoms with Crippen molar-refractivity contribution in [3.63, 3.8) is 0 Å². The van der Waals surface area contributed by atoms with Crippen molar-refractivity contribution in [3.8, 4) is 11.5 Å². The normalized spacial score (nSPS) is 16.2. The van der Waals surface area contributed by atoms with Crippen LogP contribution in [0.1, 0.15) is 11.3 Å². The molecule has 25 heavy (non-hydrogen) atoms. The SMILES string of the molecule is COc1cc(OC)c(C2=C[C@H](C(=O)Nc3cc(C)on3)ON2)cc1Cl. The third-order valence-electron chi connectivity index (χ3n) is 3.52. The maximum Gasteiger partial charge on any atom is 0.261 e. The Labute approximate surface area is 148 Å². The molecule has 1 aliphatic rings. The summed E-state index contributed by atoms with van der Waals surface area (Å²) >= 11 is 6.17. The van der Waals surface area contributed by atoms with Crippen molar-refractivity contribution in [1.82, 2.24) is 10.6 Å². The van der Waals surface area contributed by atoms with Crippen LogP contribution in [0.4, 0.5) is 5.82 Å². The van der Waals surface area contributed by atoms with Crippen LogP contribution in [0.5, 0.6) is 11.5 Å². The first-order valence-corrected chi connectivity index (χ1v) is 7.69. The monoisotopic (exact) mass is 365 g/mol. The smallest absolute Gasteiger partial charge is 0.261 e. The Balaban J connectivity index is 1.81. The zero-order valence-electron chi connectivity index (χ0n) is 13.8. The number of aryl methyl sites for hydroxylation is 1. The van der Waals surface area contributed by atoms with Crippen molar-refractivity contribution >= 4 is 29.0 Å². The minimum Gasteiger partial charge on any atom is -0.496 e. The molecule has 1 aromatic heterocycles. The Kier molecular flexibility index (Phi) is 4.82. The average Bonchev–Trinajstić information content (AvgIpc) is 3.24. The van der Waals surface area contributed by atoms with Crippen molar-refractivity contribution < 1.29 is 23.6 Å². The van der Waals surface area contributed by atoms with Crippen LogP contribution in [0.3, 0.4) is 0 Å². The van der Waals surface area contributed by atoms with Crippen LogP contribution < -0.4 is 20.3 Å². The minimum atomic E-state index is -0.849. The molecule has 2 heterocycles. The number of benzene rings is 1. The quantitative estimate of drug-likeness (QED) is 0.840. The van der Waals surface area contributed by atoms with E-state index in [4.69, 9.17) is 30.4 Å². The second-order valence-electron chi connectivity index (χ2n) is 5.22. The summed E-state index contributed by atoms with van der Waals surface area (Å²) in [6.45, 7) is 1.73. The van der Waals surface area contributed by atoms with Gasteiger partial charge in [0.25, 0.3) is 5.91 Å². The first kappa shape index (κ1) is 17.1. The molecular weight excluding hydrogens is 350 g/mol. The highest BCUT2D eigenvalue weighted by Gasteiger charge is 2.27. The number of carbonyl (C=O) groups excluding carboxylic acids is 1. The van der Waals surface area contributed by atoms with E-state index in [0.29, 0.717) is 39.4 Å². The molecule has 0 saturated heterocycles. The number of carbonyl (C=O) groups is 1. The fourth-order valence-corrected chi connectivity index (χ4v) is 2.55. The molecule has 9 heteroatoms. The van der Waals surface area contributed by atoms with Crippen molar-refractivity contribution in [2.45, 2.75) is 13.0 Å². The van der Waals surface area contributed by atoms with Gasteiger partial charge < -0.3 is 19.3 Å². The molecule has 0 unspecified atom stereocenters. The average molecular weight is 366 g/mol. The number of anilines is 1. The number of ether oxygens (including phenoxy) is 2. The standard InChI is InChI=1S/C16H16ClN3O5/c1-8-4-15(20-24-8)18-16(21)14-6-11(19-25-14)9-5-10(17)13(23-3)7-12(9)22-2/h4-7,14,19H,1-3H3,(H,18,20,21)/t14-/m1/s1. The van der Waals surface area contributed by atoms with Crippen molar-refractivity contribution in [2.24, 2.45) is 0 Å². The van der Waals surface area contributed by atoms with Gasteiger partial charge in [-0.1, -0.05) is 16.8 Å². The summed E-state index contributed by atoms with van der Waals surface area (Å²) in [6.07, 6.45) is 0.765. The zero-order valence-corrected chi connectivity index (χ0v) is 14.5. The van der Waals surface area contributed by atoms with E-state index in [1.54, 1.807) is 31.2 Å². The predicted molar refractivity (Wildman–Crippen MR) is 90.4 cm³/mol. The highest BCUT2D eigenvalue weighted by Crippen LogP contribution is 2.36. The number of amides is 1. The third-order valence-corrected chi connectivity index (χ3v) is 3.81. The number of hydroxylamine groups is 1. The molecule has 0 bridgehead atoms. The molecule has 1 aliphatic heterocycles. The van der Waals surface area contributed by atoms with Gasteiger partial charge >= 0.3 is 0 Å². The van der Waals surface area contributed by atoms with E-state index < -0.39 is 12.0 Å². The molecule has 8 nitrogen and oxygen atoms in total. The second kappa shape index (κ2) is 7.04. The first-order chi connectivity index (χ1) is 12.0. The van der Waals surface area contributed by atoms with Crippen LogP contribution in [0.2, 0.25) is 5.02 Å². The van der Waals surface area contributed by atoms with Gasteiger partial charge in [-0.25, -0.2) is 0 Å². The zero-order chi connectivity index (χ0) is 18.0. The van der Waals surface area contributed by atoms with Crippen LogP contribution in [-0.2, 0) is 9.63 Å². The van der Waals surface area contributed by atoms with Gasteiger partial charge in [0.1, 0.15) is 17.3 Å². The summed E-state index contributed by atoms with van der Waals surface area (Å²) in [4.78, 5) is 17.6. The number of nitrogens with zero attached hydrogens (tertiary/aromatic N) is 1. The van der Waals surface area contributed by atoms with Crippen LogP contribution in [-0.4, -0.2) is 31.4 Å². The molecule has 0 saturated carbocycles. The van der Waals surface area contributed by atoms with Crippen LogP contribution in [0, 0.1) is 6.92 Å². The molecule has 1 amide bonds. The molecule has 132 valence electrons. The molecule has 0 aliphatic carbocycles. The molecule has 2 aromatic rings. The number of nitrogens with one attached hydrogen (secondary N) is 2. The number of hydrogen-bond donors (Lipinski definition) is 2. The predicted octanol–water partition coefficient (Wildman–Crippen LogP) is 2.54. The summed E-state index contributed by atoms with van der Waals surface area (Å²) in [5, 5.41) is 6.72. The van der Waals surface area contributed by atoms with Gasteiger partial charge in [-0.2, -0.15) is 0 Å². The number of aromatic nitrogens is 1. The summed E-state index contributed by atoms with van der Waals surface area (Å²) in [5.41, 5.74) is 3.90. The lowest BCUT2D eigenvalue weighted by Gasteiger charge is -2.12. The summed E-state index contributed by atoms with van der Waals surface area (Å²) in [6, 6.07) is 4.94. The van der Waals surface area contributed by atoms with Crippen LogP contribution in [0.15, 0.2) is 28.8 Å². The Morgan fingerprint density at radius 2 is 2.04 bits per heavy atom. The number of hydrogen-bond acceptors (Lipinski definition) is 7. The van der Waals surface area contributed by atoms with Crippen LogP contribution in [0.25, 0.3) is 5.70 Å². The molecule has 3 rings (SSSR count). The van der Waals surface area contributed by atoms with E-state index in [-0.39, 0.29) is 0 Å². The van der Waals surface area contributed by atoms with Gasteiger partial charge in [0, 0.05) is 17.7 Å². The number of methoxy groups -OCH3 is 2. The molecule has 0 spiro atoms. The number of halogens is 1. The highest BCUT2D eigenvalue weighted by atomic mass is 35.5. The molecule has 2 N–H and O–H groups in total. The lowest BCUT2D eigenvalue weighted by Crippen LogP contribution is -2.28. The van der Waals surface area contributed by atoms with Gasteiger partial charge in [-0.15, -0.1) is 0 Å². The number of rotatable bonds is 5. The van der Waals surface area contributed by atoms with E-state index in [1.807, 2.05) is 0 Å². The van der Waals surface area contributed by atoms with Gasteiger partial charge in [-0.3, -0.25) is 15.1 Å². The van der Waals surface area contributed by atoms with Gasteiger partial charge in [0.15, 0.2) is 11.9 Å². The fourth-order valence-electron chi connectivity index (χ4n) is 2.31. The molecule has 1 atom stereocenters. The summed E-state index contributed by atoms with van der Waals surface area (Å²) in [7, 11) is 3.04. The Morgan fingerprint density at radius 3 is 2.68 bits per heavy atom.